The summed E-state index contributed by atoms with van der Waals surface area (Å²) in [5, 5.41) is 18.1. The Labute approximate surface area is 144 Å². The maximum absolute atomic E-state index is 12.0. The number of phenolic OH excluding ortho intramolecular Hbond substituents is 1. The molecule has 7 nitrogen and oxygen atoms in total. The van der Waals surface area contributed by atoms with Crippen molar-refractivity contribution < 1.29 is 9.90 Å². The quantitative estimate of drug-likeness (QED) is 0.718. The van der Waals surface area contributed by atoms with E-state index in [1.165, 1.54) is 0 Å². The average Bonchev–Trinajstić information content (AvgIpc) is 2.93. The van der Waals surface area contributed by atoms with Gasteiger partial charge in [-0.05, 0) is 31.0 Å². The van der Waals surface area contributed by atoms with E-state index in [1.54, 1.807) is 41.6 Å². The average molecular weight is 345 g/mol. The maximum Gasteiger partial charge on any atom is 0.248 e. The van der Waals surface area contributed by atoms with E-state index >= 15 is 0 Å². The van der Waals surface area contributed by atoms with Crippen LogP contribution in [0.15, 0.2) is 40.7 Å². The first-order valence-electron chi connectivity index (χ1n) is 7.67. The predicted octanol–water partition coefficient (Wildman–Crippen LogP) is 2.26. The van der Waals surface area contributed by atoms with Gasteiger partial charge in [-0.15, -0.1) is 5.10 Å². The molecule has 1 aromatic carbocycles. The number of fused-ring (bicyclic) bond motifs is 1. The number of hydrogen-bond acceptors (Lipinski definition) is 6. The second kappa shape index (κ2) is 6.56. The molecule has 3 rings (SSSR count). The van der Waals surface area contributed by atoms with Gasteiger partial charge in [0.1, 0.15) is 11.8 Å². The van der Waals surface area contributed by atoms with E-state index in [2.05, 4.69) is 22.3 Å². The molecule has 8 heteroatoms. The Morgan fingerprint density at radius 2 is 2.29 bits per heavy atom. The van der Waals surface area contributed by atoms with Crippen LogP contribution in [0.3, 0.4) is 0 Å². The molecule has 126 valence electrons. The number of hydrogen-bond donors (Lipinski definition) is 3. The normalized spacial score (nSPS) is 16.7. The summed E-state index contributed by atoms with van der Waals surface area (Å²) in [6.45, 7) is 3.88. The smallest absolute Gasteiger partial charge is 0.248 e. The Bertz CT molecular complexity index is 815. The van der Waals surface area contributed by atoms with Crippen LogP contribution in [0.2, 0.25) is 0 Å². The Hall–Kier alpha value is -2.48. The molecule has 1 amide bonds. The zero-order valence-electron chi connectivity index (χ0n) is 13.5. The molecular weight excluding hydrogens is 326 g/mol. The summed E-state index contributed by atoms with van der Waals surface area (Å²) in [7, 11) is 0. The number of aromatic nitrogens is 3. The molecule has 1 aliphatic rings. The van der Waals surface area contributed by atoms with E-state index in [4.69, 9.17) is 5.73 Å². The molecule has 1 unspecified atom stereocenters. The van der Waals surface area contributed by atoms with Crippen molar-refractivity contribution in [3.8, 4) is 5.75 Å². The molecule has 24 heavy (non-hydrogen) atoms. The number of primary amides is 1. The van der Waals surface area contributed by atoms with Crippen LogP contribution in [0.25, 0.3) is 0 Å². The van der Waals surface area contributed by atoms with E-state index in [9.17, 15) is 9.90 Å². The molecule has 2 heterocycles. The first kappa shape index (κ1) is 16.4. The third-order valence-corrected chi connectivity index (χ3v) is 4.76. The van der Waals surface area contributed by atoms with Crippen molar-refractivity contribution in [1.29, 1.82) is 0 Å². The van der Waals surface area contributed by atoms with Crippen LogP contribution in [0, 0.1) is 0 Å². The Morgan fingerprint density at radius 3 is 2.96 bits per heavy atom. The molecular formula is C16H19N5O2S. The number of carbonyl (C=O) groups excluding carboxylic acids is 1. The van der Waals surface area contributed by atoms with Crippen molar-refractivity contribution in [3.63, 3.8) is 0 Å². The van der Waals surface area contributed by atoms with Crippen LogP contribution >= 0.6 is 11.8 Å². The topological polar surface area (TPSA) is 106 Å². The summed E-state index contributed by atoms with van der Waals surface area (Å²) in [4.78, 5) is 16.5. The van der Waals surface area contributed by atoms with Crippen LogP contribution in [-0.4, -0.2) is 31.5 Å². The van der Waals surface area contributed by atoms with E-state index in [0.29, 0.717) is 22.4 Å². The number of thioether (sulfide) groups is 1. The molecule has 1 aromatic heterocycles. The molecule has 1 aliphatic heterocycles. The lowest BCUT2D eigenvalue weighted by Gasteiger charge is -2.27. The van der Waals surface area contributed by atoms with Crippen molar-refractivity contribution in [2.75, 3.05) is 11.1 Å². The lowest BCUT2D eigenvalue weighted by atomic mass is 9.95. The van der Waals surface area contributed by atoms with Gasteiger partial charge in [0.25, 0.3) is 0 Å². The van der Waals surface area contributed by atoms with E-state index in [1.807, 2.05) is 6.07 Å². The number of phenols is 1. The summed E-state index contributed by atoms with van der Waals surface area (Å²) in [5.74, 6) is 1.06. The van der Waals surface area contributed by atoms with Crippen molar-refractivity contribution in [2.24, 2.45) is 5.73 Å². The standard InChI is InChI=1S/C16H19N5O2S/c1-3-7-24-16-19-15-18-9(2)12(14(17)23)13(21(15)20-16)10-5-4-6-11(22)8-10/h4-6,8,13,22H,3,7H2,1-2H3,(H2,17,23)(H,18,19,20). The molecule has 0 radical (unpaired) electrons. The van der Waals surface area contributed by atoms with Crippen LogP contribution in [-0.2, 0) is 4.79 Å². The van der Waals surface area contributed by atoms with Gasteiger partial charge in [0, 0.05) is 11.4 Å². The second-order valence-corrected chi connectivity index (χ2v) is 6.60. The highest BCUT2D eigenvalue weighted by Crippen LogP contribution is 2.36. The van der Waals surface area contributed by atoms with Crippen molar-refractivity contribution in [2.45, 2.75) is 31.5 Å². The van der Waals surface area contributed by atoms with Crippen molar-refractivity contribution >= 4 is 23.6 Å². The zero-order valence-corrected chi connectivity index (χ0v) is 14.3. The van der Waals surface area contributed by atoms with Gasteiger partial charge in [-0.1, -0.05) is 30.8 Å². The fraction of sp³-hybridized carbons (Fsp3) is 0.312. The molecule has 0 aliphatic carbocycles. The Morgan fingerprint density at radius 1 is 1.50 bits per heavy atom. The number of anilines is 1. The second-order valence-electron chi connectivity index (χ2n) is 5.54. The number of aromatic hydroxyl groups is 1. The highest BCUT2D eigenvalue weighted by molar-refractivity contribution is 7.99. The largest absolute Gasteiger partial charge is 0.508 e. The summed E-state index contributed by atoms with van der Waals surface area (Å²) in [5.41, 5.74) is 7.38. The van der Waals surface area contributed by atoms with E-state index < -0.39 is 11.9 Å². The lowest BCUT2D eigenvalue weighted by Crippen LogP contribution is -2.31. The molecule has 0 saturated carbocycles. The number of carbonyl (C=O) groups is 1. The monoisotopic (exact) mass is 345 g/mol. The van der Waals surface area contributed by atoms with Gasteiger partial charge in [-0.2, -0.15) is 4.98 Å². The third kappa shape index (κ3) is 2.96. The minimum atomic E-state index is -0.530. The Kier molecular flexibility index (Phi) is 4.48. The number of nitrogens with one attached hydrogen (secondary N) is 1. The Balaban J connectivity index is 2.11. The summed E-state index contributed by atoms with van der Waals surface area (Å²) in [6.07, 6.45) is 1.02. The van der Waals surface area contributed by atoms with Gasteiger partial charge in [-0.25, -0.2) is 4.68 Å². The minimum absolute atomic E-state index is 0.120. The van der Waals surface area contributed by atoms with Crippen LogP contribution in [0.5, 0.6) is 5.75 Å². The lowest BCUT2D eigenvalue weighted by molar-refractivity contribution is -0.115. The van der Waals surface area contributed by atoms with Gasteiger partial charge in [0.15, 0.2) is 0 Å². The molecule has 1 atom stereocenters. The minimum Gasteiger partial charge on any atom is -0.508 e. The van der Waals surface area contributed by atoms with Crippen molar-refractivity contribution in [3.05, 3.63) is 41.1 Å². The number of rotatable bonds is 5. The highest BCUT2D eigenvalue weighted by Gasteiger charge is 2.33. The molecule has 0 saturated heterocycles. The number of nitrogens with two attached hydrogens (primary N) is 1. The van der Waals surface area contributed by atoms with Crippen LogP contribution < -0.4 is 11.1 Å². The molecule has 2 aromatic rings. The first-order chi connectivity index (χ1) is 11.5. The number of allylic oxidation sites excluding steroid dienone is 1. The van der Waals surface area contributed by atoms with Gasteiger partial charge in [0.05, 0.1) is 5.57 Å². The SMILES string of the molecule is CCCSc1nc2n(n1)C(c1cccc(O)c1)C(C(N)=O)=C(C)N2. The fourth-order valence-corrected chi connectivity index (χ4v) is 3.39. The zero-order chi connectivity index (χ0) is 17.3. The van der Waals surface area contributed by atoms with Crippen LogP contribution in [0.4, 0.5) is 5.95 Å². The molecule has 0 bridgehead atoms. The van der Waals surface area contributed by atoms with E-state index in [0.717, 1.165) is 17.7 Å². The summed E-state index contributed by atoms with van der Waals surface area (Å²) in [6, 6.07) is 6.22. The fourth-order valence-electron chi connectivity index (χ4n) is 2.71. The predicted molar refractivity (Wildman–Crippen MR) is 92.8 cm³/mol. The van der Waals surface area contributed by atoms with E-state index in [-0.39, 0.29) is 5.75 Å². The van der Waals surface area contributed by atoms with Gasteiger partial charge in [0.2, 0.25) is 17.0 Å². The van der Waals surface area contributed by atoms with Gasteiger partial charge in [-0.3, -0.25) is 4.79 Å². The third-order valence-electron chi connectivity index (χ3n) is 3.72. The molecule has 4 N–H and O–H groups in total. The number of nitrogens with zero attached hydrogens (tertiary/aromatic N) is 3. The van der Waals surface area contributed by atoms with Gasteiger partial charge >= 0.3 is 0 Å². The van der Waals surface area contributed by atoms with Crippen molar-refractivity contribution in [1.82, 2.24) is 14.8 Å². The van der Waals surface area contributed by atoms with Gasteiger partial charge < -0.3 is 16.2 Å². The number of benzene rings is 1. The maximum atomic E-state index is 12.0. The molecule has 0 spiro atoms. The first-order valence-corrected chi connectivity index (χ1v) is 8.65. The highest BCUT2D eigenvalue weighted by atomic mass is 32.2. The van der Waals surface area contributed by atoms with Crippen LogP contribution in [0.1, 0.15) is 31.9 Å². The summed E-state index contributed by atoms with van der Waals surface area (Å²) < 4.78 is 1.65. The summed E-state index contributed by atoms with van der Waals surface area (Å²) >= 11 is 1.56. The molecule has 0 fully saturated rings. The number of amides is 1.